The first-order valence-electron chi connectivity index (χ1n) is 9.37. The van der Waals surface area contributed by atoms with Crippen LogP contribution in [0.5, 0.6) is 0 Å². The van der Waals surface area contributed by atoms with Crippen LogP contribution < -0.4 is 0 Å². The van der Waals surface area contributed by atoms with Crippen molar-refractivity contribution >= 4 is 45.1 Å². The van der Waals surface area contributed by atoms with Gasteiger partial charge in [0.05, 0.1) is 10.5 Å². The number of esters is 1. The maximum absolute atomic E-state index is 12.7. The van der Waals surface area contributed by atoms with Crippen molar-refractivity contribution in [3.05, 3.63) is 39.9 Å². The number of amides is 1. The van der Waals surface area contributed by atoms with Crippen LogP contribution in [0.2, 0.25) is 5.02 Å². The van der Waals surface area contributed by atoms with E-state index in [0.29, 0.717) is 28.5 Å². The molecule has 1 aromatic carbocycles. The molecule has 3 rings (SSSR count). The minimum absolute atomic E-state index is 0.160. The number of carbonyl (C=O) groups excluding carboxylic acids is 2. The number of rotatable bonds is 5. The van der Waals surface area contributed by atoms with E-state index in [2.05, 4.69) is 0 Å². The summed E-state index contributed by atoms with van der Waals surface area (Å²) in [5.41, 5.74) is 0.449. The van der Waals surface area contributed by atoms with E-state index in [1.807, 2.05) is 0 Å². The highest BCUT2D eigenvalue weighted by Gasteiger charge is 2.30. The van der Waals surface area contributed by atoms with E-state index >= 15 is 0 Å². The van der Waals surface area contributed by atoms with Crippen LogP contribution in [0.25, 0.3) is 0 Å². The molecular weight excluding hydrogens is 439 g/mol. The van der Waals surface area contributed by atoms with Gasteiger partial charge in [-0.1, -0.05) is 23.2 Å². The van der Waals surface area contributed by atoms with Crippen LogP contribution in [-0.2, 0) is 24.3 Å². The first-order valence-corrected chi connectivity index (χ1v) is 11.6. The number of ether oxygens (including phenoxy) is 1. The summed E-state index contributed by atoms with van der Waals surface area (Å²) in [5, 5.41) is 0.967. The highest BCUT2D eigenvalue weighted by atomic mass is 35.5. The maximum Gasteiger partial charge on any atom is 0.335 e. The molecule has 0 saturated carbocycles. The van der Waals surface area contributed by atoms with Gasteiger partial charge in [0.2, 0.25) is 10.0 Å². The Labute approximate surface area is 180 Å². The van der Waals surface area contributed by atoms with Crippen LogP contribution in [0.15, 0.2) is 39.8 Å². The SMILES string of the molecule is O=C(OCC(=O)N1CCN(S(=O)(=O)c2ccc(Cl)cc2)CC1)C1=C(Cl)CCCC1. The Morgan fingerprint density at radius 2 is 1.59 bits per heavy atom. The molecule has 0 unspecified atom stereocenters. The van der Waals surface area contributed by atoms with Crippen LogP contribution in [0, 0.1) is 0 Å². The van der Waals surface area contributed by atoms with Crippen molar-refractivity contribution in [2.24, 2.45) is 0 Å². The standard InChI is InChI=1S/C19H22Cl2N2O5S/c20-14-5-7-15(8-6-14)29(26,27)23-11-9-22(10-12-23)18(24)13-28-19(25)16-3-1-2-4-17(16)21/h5-8H,1-4,9-13H2. The number of allylic oxidation sites excluding steroid dienone is 1. The van der Waals surface area contributed by atoms with Crippen LogP contribution in [0.4, 0.5) is 0 Å². The molecule has 2 aliphatic rings. The molecule has 1 amide bonds. The number of carbonyl (C=O) groups is 2. The smallest absolute Gasteiger partial charge is 0.335 e. The van der Waals surface area contributed by atoms with Gasteiger partial charge in [0.15, 0.2) is 6.61 Å². The lowest BCUT2D eigenvalue weighted by molar-refractivity contribution is -0.149. The number of nitrogens with zero attached hydrogens (tertiary/aromatic N) is 2. The maximum atomic E-state index is 12.7. The predicted octanol–water partition coefficient (Wildman–Crippen LogP) is 2.78. The zero-order chi connectivity index (χ0) is 21.0. The third-order valence-corrected chi connectivity index (χ3v) is 7.60. The van der Waals surface area contributed by atoms with Crippen LogP contribution in [0.3, 0.4) is 0 Å². The largest absolute Gasteiger partial charge is 0.452 e. The van der Waals surface area contributed by atoms with Gasteiger partial charge in [-0.3, -0.25) is 4.79 Å². The summed E-state index contributed by atoms with van der Waals surface area (Å²) in [4.78, 5) is 26.1. The van der Waals surface area contributed by atoms with Crippen molar-refractivity contribution in [1.29, 1.82) is 0 Å². The van der Waals surface area contributed by atoms with Gasteiger partial charge in [0.1, 0.15) is 0 Å². The van der Waals surface area contributed by atoms with Crippen molar-refractivity contribution in [2.45, 2.75) is 30.6 Å². The molecule has 29 heavy (non-hydrogen) atoms. The molecule has 1 aliphatic carbocycles. The zero-order valence-corrected chi connectivity index (χ0v) is 18.1. The van der Waals surface area contributed by atoms with Crippen LogP contribution >= 0.6 is 23.2 Å². The fourth-order valence-corrected chi connectivity index (χ4v) is 5.17. The monoisotopic (exact) mass is 460 g/mol. The predicted molar refractivity (Wildman–Crippen MR) is 109 cm³/mol. The minimum Gasteiger partial charge on any atom is -0.452 e. The quantitative estimate of drug-likeness (QED) is 0.630. The number of hydrogen-bond donors (Lipinski definition) is 0. The molecule has 0 N–H and O–H groups in total. The molecule has 1 heterocycles. The Bertz CT molecular complexity index is 907. The van der Waals surface area contributed by atoms with Crippen LogP contribution in [-0.4, -0.2) is 62.3 Å². The van der Waals surface area contributed by atoms with E-state index in [0.717, 1.165) is 12.8 Å². The van der Waals surface area contributed by atoms with Crippen LogP contribution in [0.1, 0.15) is 25.7 Å². The van der Waals surface area contributed by atoms with Crippen molar-refractivity contribution in [3.8, 4) is 0 Å². The van der Waals surface area contributed by atoms with E-state index in [4.69, 9.17) is 27.9 Å². The first kappa shape index (κ1) is 22.1. The molecule has 1 fully saturated rings. The normalized spacial score (nSPS) is 18.6. The fourth-order valence-electron chi connectivity index (χ4n) is 3.32. The number of hydrogen-bond acceptors (Lipinski definition) is 5. The molecule has 158 valence electrons. The van der Waals surface area contributed by atoms with E-state index in [1.54, 1.807) is 0 Å². The average molecular weight is 461 g/mol. The molecule has 1 aliphatic heterocycles. The van der Waals surface area contributed by atoms with Crippen molar-refractivity contribution in [3.63, 3.8) is 0 Å². The second-order valence-electron chi connectivity index (χ2n) is 6.91. The van der Waals surface area contributed by atoms with Gasteiger partial charge >= 0.3 is 5.97 Å². The Hall–Kier alpha value is -1.61. The van der Waals surface area contributed by atoms with Gasteiger partial charge in [0.25, 0.3) is 5.91 Å². The summed E-state index contributed by atoms with van der Waals surface area (Å²) < 4.78 is 31.8. The number of benzene rings is 1. The Balaban J connectivity index is 1.51. The third-order valence-electron chi connectivity index (χ3n) is 5.02. The first-order chi connectivity index (χ1) is 13.8. The third kappa shape index (κ3) is 5.31. The topological polar surface area (TPSA) is 84.0 Å². The molecule has 1 aromatic rings. The average Bonchev–Trinajstić information content (AvgIpc) is 2.72. The number of halogens is 2. The highest BCUT2D eigenvalue weighted by Crippen LogP contribution is 2.28. The lowest BCUT2D eigenvalue weighted by Crippen LogP contribution is -2.51. The molecule has 10 heteroatoms. The Kier molecular flexibility index (Phi) is 7.21. The fraction of sp³-hybridized carbons (Fsp3) is 0.474. The second kappa shape index (κ2) is 9.47. The van der Waals surface area contributed by atoms with Gasteiger partial charge in [-0.2, -0.15) is 4.31 Å². The highest BCUT2D eigenvalue weighted by molar-refractivity contribution is 7.89. The molecule has 0 aromatic heterocycles. The Morgan fingerprint density at radius 3 is 2.21 bits per heavy atom. The van der Waals surface area contributed by atoms with Crippen molar-refractivity contribution < 1.29 is 22.7 Å². The zero-order valence-electron chi connectivity index (χ0n) is 15.8. The van der Waals surface area contributed by atoms with E-state index in [9.17, 15) is 18.0 Å². The number of sulfonamides is 1. The molecule has 0 radical (unpaired) electrons. The lowest BCUT2D eigenvalue weighted by atomic mass is 9.99. The summed E-state index contributed by atoms with van der Waals surface area (Å²) in [6.07, 6.45) is 3.04. The molecular formula is C19H22Cl2N2O5S. The lowest BCUT2D eigenvalue weighted by Gasteiger charge is -2.33. The molecule has 0 atom stereocenters. The second-order valence-corrected chi connectivity index (χ2v) is 9.74. The molecule has 7 nitrogen and oxygen atoms in total. The van der Waals surface area contributed by atoms with E-state index in [1.165, 1.54) is 33.5 Å². The van der Waals surface area contributed by atoms with Crippen molar-refractivity contribution in [1.82, 2.24) is 9.21 Å². The summed E-state index contributed by atoms with van der Waals surface area (Å²) in [6.45, 7) is 0.416. The minimum atomic E-state index is -3.64. The van der Waals surface area contributed by atoms with Crippen molar-refractivity contribution in [2.75, 3.05) is 32.8 Å². The number of piperazine rings is 1. The molecule has 0 spiro atoms. The van der Waals surface area contributed by atoms with E-state index < -0.39 is 16.0 Å². The van der Waals surface area contributed by atoms with Gasteiger partial charge in [-0.15, -0.1) is 0 Å². The van der Waals surface area contributed by atoms with Gasteiger partial charge in [-0.05, 0) is 49.9 Å². The Morgan fingerprint density at radius 1 is 0.966 bits per heavy atom. The van der Waals surface area contributed by atoms with Gasteiger partial charge in [-0.25, -0.2) is 13.2 Å². The molecule has 0 bridgehead atoms. The summed E-state index contributed by atoms with van der Waals surface area (Å²) in [6, 6.07) is 5.96. The van der Waals surface area contributed by atoms with Gasteiger partial charge in [0, 0.05) is 36.2 Å². The summed E-state index contributed by atoms with van der Waals surface area (Å²) >= 11 is 11.9. The summed E-state index contributed by atoms with van der Waals surface area (Å²) in [5.74, 6) is -0.901. The summed E-state index contributed by atoms with van der Waals surface area (Å²) in [7, 11) is -3.64. The van der Waals surface area contributed by atoms with Gasteiger partial charge < -0.3 is 9.64 Å². The molecule has 1 saturated heterocycles. The van der Waals surface area contributed by atoms with E-state index in [-0.39, 0.29) is 43.6 Å².